The molecule has 0 aliphatic rings. The van der Waals surface area contributed by atoms with E-state index in [9.17, 15) is 9.50 Å². The van der Waals surface area contributed by atoms with Gasteiger partial charge in [0.15, 0.2) is 11.5 Å². The summed E-state index contributed by atoms with van der Waals surface area (Å²) >= 11 is 5.68. The first-order valence-corrected chi connectivity index (χ1v) is 4.61. The summed E-state index contributed by atoms with van der Waals surface area (Å²) in [5, 5.41) is 9.50. The summed E-state index contributed by atoms with van der Waals surface area (Å²) in [6, 6.07) is 1.03. The van der Waals surface area contributed by atoms with E-state index >= 15 is 0 Å². The van der Waals surface area contributed by atoms with Crippen molar-refractivity contribution in [2.45, 2.75) is 0 Å². The van der Waals surface area contributed by atoms with Crippen molar-refractivity contribution in [1.82, 2.24) is 0 Å². The number of nitrogens with two attached hydrogens (primary N) is 1. The minimum Gasteiger partial charge on any atom is -0.504 e. The van der Waals surface area contributed by atoms with Crippen LogP contribution in [0.5, 0.6) is 11.5 Å². The molecule has 1 aromatic carbocycles. The van der Waals surface area contributed by atoms with Gasteiger partial charge in [-0.2, -0.15) is 0 Å². The van der Waals surface area contributed by atoms with Crippen molar-refractivity contribution in [3.05, 3.63) is 28.5 Å². The molecule has 0 bridgehead atoms. The van der Waals surface area contributed by atoms with Crippen molar-refractivity contribution in [1.29, 1.82) is 0 Å². The Hall–Kier alpha value is -1.26. The van der Waals surface area contributed by atoms with Gasteiger partial charge >= 0.3 is 0 Å². The molecule has 15 heavy (non-hydrogen) atoms. The first-order valence-electron chi connectivity index (χ1n) is 4.23. The van der Waals surface area contributed by atoms with Crippen molar-refractivity contribution in [2.24, 2.45) is 5.73 Å². The Morgan fingerprint density at radius 1 is 1.67 bits per heavy atom. The molecule has 3 nitrogen and oxygen atoms in total. The molecular formula is C10H11ClFNO2. The summed E-state index contributed by atoms with van der Waals surface area (Å²) in [4.78, 5) is 0. The fourth-order valence-electron chi connectivity index (χ4n) is 1.11. The van der Waals surface area contributed by atoms with Gasteiger partial charge < -0.3 is 15.6 Å². The van der Waals surface area contributed by atoms with Crippen LogP contribution in [0.3, 0.4) is 0 Å². The molecule has 0 heterocycles. The summed E-state index contributed by atoms with van der Waals surface area (Å²) < 4.78 is 18.0. The molecule has 1 rings (SSSR count). The summed E-state index contributed by atoms with van der Waals surface area (Å²) in [6.45, 7) is 0.272. The molecule has 5 heteroatoms. The molecule has 0 unspecified atom stereocenters. The van der Waals surface area contributed by atoms with Gasteiger partial charge in [0.1, 0.15) is 5.82 Å². The summed E-state index contributed by atoms with van der Waals surface area (Å²) in [5.74, 6) is -0.815. The standard InChI is InChI=1S/C10H11ClFNO2/c1-15-8-5-7(12)9(11)6(10(8)14)3-2-4-13/h2-3,5,14H,4,13H2,1H3/b3-2+. The molecular weight excluding hydrogens is 221 g/mol. The highest BCUT2D eigenvalue weighted by molar-refractivity contribution is 6.32. The molecule has 82 valence electrons. The number of methoxy groups -OCH3 is 1. The van der Waals surface area contributed by atoms with Gasteiger partial charge in [0, 0.05) is 18.2 Å². The second-order valence-corrected chi connectivity index (χ2v) is 3.15. The number of rotatable bonds is 3. The SMILES string of the molecule is COc1cc(F)c(Cl)c(/C=C/CN)c1O. The van der Waals surface area contributed by atoms with E-state index in [0.29, 0.717) is 0 Å². The molecule has 0 saturated heterocycles. The van der Waals surface area contributed by atoms with Crippen LogP contribution in [0.2, 0.25) is 5.02 Å². The van der Waals surface area contributed by atoms with E-state index in [1.54, 1.807) is 6.08 Å². The topological polar surface area (TPSA) is 55.5 Å². The van der Waals surface area contributed by atoms with Crippen LogP contribution in [-0.4, -0.2) is 18.8 Å². The lowest BCUT2D eigenvalue weighted by Gasteiger charge is -2.08. The van der Waals surface area contributed by atoms with Crippen LogP contribution < -0.4 is 10.5 Å². The van der Waals surface area contributed by atoms with E-state index in [0.717, 1.165) is 6.07 Å². The lowest BCUT2D eigenvalue weighted by atomic mass is 10.1. The van der Waals surface area contributed by atoms with E-state index in [-0.39, 0.29) is 28.6 Å². The Balaban J connectivity index is 3.33. The third-order valence-corrected chi connectivity index (χ3v) is 2.22. The van der Waals surface area contributed by atoms with Crippen LogP contribution in [0, 0.1) is 5.82 Å². The molecule has 3 N–H and O–H groups in total. The second kappa shape index (κ2) is 5.00. The third kappa shape index (κ3) is 2.40. The zero-order valence-electron chi connectivity index (χ0n) is 8.13. The van der Waals surface area contributed by atoms with E-state index < -0.39 is 5.82 Å². The van der Waals surface area contributed by atoms with Crippen molar-refractivity contribution in [3.63, 3.8) is 0 Å². The Bertz CT molecular complexity index is 393. The van der Waals surface area contributed by atoms with Crippen LogP contribution >= 0.6 is 11.6 Å². The molecule has 0 aliphatic heterocycles. The Kier molecular flexibility index (Phi) is 3.94. The van der Waals surface area contributed by atoms with Gasteiger partial charge in [-0.15, -0.1) is 0 Å². The summed E-state index contributed by atoms with van der Waals surface area (Å²) in [7, 11) is 1.33. The van der Waals surface area contributed by atoms with Gasteiger partial charge in [-0.3, -0.25) is 0 Å². The second-order valence-electron chi connectivity index (χ2n) is 2.77. The van der Waals surface area contributed by atoms with E-state index in [4.69, 9.17) is 22.1 Å². The molecule has 0 atom stereocenters. The molecule has 0 spiro atoms. The maximum absolute atomic E-state index is 13.2. The van der Waals surface area contributed by atoms with Gasteiger partial charge in [-0.1, -0.05) is 23.8 Å². The maximum atomic E-state index is 13.2. The van der Waals surface area contributed by atoms with Crippen LogP contribution in [0.25, 0.3) is 6.08 Å². The minimum absolute atomic E-state index is 0.0357. The lowest BCUT2D eigenvalue weighted by molar-refractivity contribution is 0.369. The highest BCUT2D eigenvalue weighted by Crippen LogP contribution is 2.37. The lowest BCUT2D eigenvalue weighted by Crippen LogP contribution is -1.94. The molecule has 0 radical (unpaired) electrons. The first kappa shape index (κ1) is 11.8. The Morgan fingerprint density at radius 2 is 2.33 bits per heavy atom. The minimum atomic E-state index is -0.650. The third-order valence-electron chi connectivity index (χ3n) is 1.83. The fourth-order valence-corrected chi connectivity index (χ4v) is 1.31. The van der Waals surface area contributed by atoms with Crippen molar-refractivity contribution in [3.8, 4) is 11.5 Å². The Labute approximate surface area is 91.9 Å². The van der Waals surface area contributed by atoms with Crippen molar-refractivity contribution < 1.29 is 14.2 Å². The number of benzene rings is 1. The van der Waals surface area contributed by atoms with Crippen LogP contribution in [0.4, 0.5) is 4.39 Å². The molecule has 0 amide bonds. The normalized spacial score (nSPS) is 10.9. The number of hydrogen-bond donors (Lipinski definition) is 2. The number of phenolic OH excluding ortho intramolecular Hbond substituents is 1. The number of halogens is 2. The van der Waals surface area contributed by atoms with E-state index in [2.05, 4.69) is 0 Å². The zero-order valence-corrected chi connectivity index (χ0v) is 8.88. The molecule has 1 aromatic rings. The number of hydrogen-bond acceptors (Lipinski definition) is 3. The van der Waals surface area contributed by atoms with Crippen LogP contribution in [-0.2, 0) is 0 Å². The van der Waals surface area contributed by atoms with Gasteiger partial charge in [-0.05, 0) is 0 Å². The van der Waals surface area contributed by atoms with Gasteiger partial charge in [0.25, 0.3) is 0 Å². The number of ether oxygens (including phenoxy) is 1. The average Bonchev–Trinajstić information content (AvgIpc) is 2.23. The quantitative estimate of drug-likeness (QED) is 0.838. The van der Waals surface area contributed by atoms with Crippen LogP contribution in [0.1, 0.15) is 5.56 Å². The molecule has 0 fully saturated rings. The highest BCUT2D eigenvalue weighted by atomic mass is 35.5. The number of phenols is 1. The zero-order chi connectivity index (χ0) is 11.4. The van der Waals surface area contributed by atoms with Crippen molar-refractivity contribution in [2.75, 3.05) is 13.7 Å². The Morgan fingerprint density at radius 3 is 2.87 bits per heavy atom. The monoisotopic (exact) mass is 231 g/mol. The first-order chi connectivity index (χ1) is 7.11. The fraction of sp³-hybridized carbons (Fsp3) is 0.200. The maximum Gasteiger partial charge on any atom is 0.166 e. The van der Waals surface area contributed by atoms with Gasteiger partial charge in [-0.25, -0.2) is 4.39 Å². The predicted octanol–water partition coefficient (Wildman–Crippen LogP) is 2.17. The van der Waals surface area contributed by atoms with E-state index in [1.165, 1.54) is 13.2 Å². The van der Waals surface area contributed by atoms with E-state index in [1.807, 2.05) is 0 Å². The molecule has 0 aromatic heterocycles. The average molecular weight is 232 g/mol. The smallest absolute Gasteiger partial charge is 0.166 e. The van der Waals surface area contributed by atoms with Gasteiger partial charge in [0.2, 0.25) is 0 Å². The summed E-state index contributed by atoms with van der Waals surface area (Å²) in [6.07, 6.45) is 3.00. The molecule has 0 saturated carbocycles. The highest BCUT2D eigenvalue weighted by Gasteiger charge is 2.14. The van der Waals surface area contributed by atoms with Crippen molar-refractivity contribution >= 4 is 17.7 Å². The number of aromatic hydroxyl groups is 1. The van der Waals surface area contributed by atoms with Crippen LogP contribution in [0.15, 0.2) is 12.1 Å². The largest absolute Gasteiger partial charge is 0.504 e. The van der Waals surface area contributed by atoms with Gasteiger partial charge in [0.05, 0.1) is 12.1 Å². The molecule has 0 aliphatic carbocycles. The predicted molar refractivity (Wildman–Crippen MR) is 57.7 cm³/mol. The summed E-state index contributed by atoms with van der Waals surface area (Å²) in [5.41, 5.74) is 5.41.